The maximum atomic E-state index is 6.00. The first-order valence-corrected chi connectivity index (χ1v) is 5.26. The van der Waals surface area contributed by atoms with Crippen LogP contribution in [0.2, 0.25) is 5.02 Å². The van der Waals surface area contributed by atoms with Gasteiger partial charge in [0.2, 0.25) is 0 Å². The fraction of sp³-hybridized carbons (Fsp3) is 0.455. The van der Waals surface area contributed by atoms with Crippen LogP contribution in [0.1, 0.15) is 12.0 Å². The van der Waals surface area contributed by atoms with Gasteiger partial charge < -0.3 is 10.6 Å². The molecule has 0 fully saturated rings. The number of hydrogen-bond donors (Lipinski definition) is 2. The monoisotopic (exact) mass is 212 g/mol. The molecule has 1 aromatic carbocycles. The molecule has 0 aliphatic heterocycles. The number of nitrogens with one attached hydrogen (secondary N) is 2. The van der Waals surface area contributed by atoms with Crippen LogP contribution < -0.4 is 10.6 Å². The number of benzene rings is 1. The van der Waals surface area contributed by atoms with Crippen LogP contribution in [0.15, 0.2) is 18.2 Å². The van der Waals surface area contributed by atoms with Gasteiger partial charge in [-0.1, -0.05) is 17.7 Å². The van der Waals surface area contributed by atoms with Crippen LogP contribution in [0.3, 0.4) is 0 Å². The van der Waals surface area contributed by atoms with Crippen molar-refractivity contribution in [2.24, 2.45) is 0 Å². The highest BCUT2D eigenvalue weighted by molar-refractivity contribution is 6.31. The zero-order chi connectivity index (χ0) is 10.4. The van der Waals surface area contributed by atoms with Gasteiger partial charge in [-0.3, -0.25) is 0 Å². The molecule has 0 aromatic heterocycles. The number of halogens is 1. The van der Waals surface area contributed by atoms with Crippen LogP contribution in [-0.2, 0) is 0 Å². The number of hydrogen-bond acceptors (Lipinski definition) is 2. The molecule has 0 aliphatic carbocycles. The van der Waals surface area contributed by atoms with Gasteiger partial charge in [0, 0.05) is 17.3 Å². The van der Waals surface area contributed by atoms with Gasteiger partial charge in [0.05, 0.1) is 0 Å². The molecule has 0 radical (unpaired) electrons. The SMILES string of the molecule is CNCCCNc1ccc(C)c(Cl)c1. The van der Waals surface area contributed by atoms with Crippen molar-refractivity contribution in [2.75, 3.05) is 25.5 Å². The zero-order valence-corrected chi connectivity index (χ0v) is 9.49. The van der Waals surface area contributed by atoms with Crippen molar-refractivity contribution in [3.8, 4) is 0 Å². The summed E-state index contributed by atoms with van der Waals surface area (Å²) in [5, 5.41) is 7.25. The van der Waals surface area contributed by atoms with E-state index in [-0.39, 0.29) is 0 Å². The van der Waals surface area contributed by atoms with E-state index in [1.807, 2.05) is 26.1 Å². The van der Waals surface area contributed by atoms with Gasteiger partial charge >= 0.3 is 0 Å². The predicted molar refractivity (Wildman–Crippen MR) is 63.2 cm³/mol. The molecule has 1 aromatic rings. The summed E-state index contributed by atoms with van der Waals surface area (Å²) in [5.41, 5.74) is 2.21. The topological polar surface area (TPSA) is 24.1 Å². The molecule has 14 heavy (non-hydrogen) atoms. The van der Waals surface area contributed by atoms with E-state index in [1.165, 1.54) is 0 Å². The Kier molecular flexibility index (Phi) is 4.77. The maximum Gasteiger partial charge on any atom is 0.0455 e. The van der Waals surface area contributed by atoms with Crippen molar-refractivity contribution >= 4 is 17.3 Å². The maximum absolute atomic E-state index is 6.00. The van der Waals surface area contributed by atoms with E-state index < -0.39 is 0 Å². The lowest BCUT2D eigenvalue weighted by molar-refractivity contribution is 0.748. The van der Waals surface area contributed by atoms with E-state index in [0.29, 0.717) is 0 Å². The molecule has 2 nitrogen and oxygen atoms in total. The normalized spacial score (nSPS) is 10.2. The molecular formula is C11H17ClN2. The molecule has 0 atom stereocenters. The highest BCUT2D eigenvalue weighted by Gasteiger charge is 1.96. The summed E-state index contributed by atoms with van der Waals surface area (Å²) in [6, 6.07) is 6.06. The molecule has 2 N–H and O–H groups in total. The van der Waals surface area contributed by atoms with Crippen LogP contribution in [0.5, 0.6) is 0 Å². The molecule has 0 saturated carbocycles. The second kappa shape index (κ2) is 5.89. The molecule has 3 heteroatoms. The smallest absolute Gasteiger partial charge is 0.0455 e. The van der Waals surface area contributed by atoms with Crippen molar-refractivity contribution in [1.82, 2.24) is 5.32 Å². The second-order valence-corrected chi connectivity index (χ2v) is 3.76. The molecule has 0 amide bonds. The third kappa shape index (κ3) is 3.56. The van der Waals surface area contributed by atoms with Gasteiger partial charge in [0.1, 0.15) is 0 Å². The first kappa shape index (κ1) is 11.3. The van der Waals surface area contributed by atoms with Crippen LogP contribution in [0, 0.1) is 6.92 Å². The molecule has 0 heterocycles. The Labute approximate surface area is 90.7 Å². The average Bonchev–Trinajstić information content (AvgIpc) is 2.18. The van der Waals surface area contributed by atoms with Gasteiger partial charge in [-0.25, -0.2) is 0 Å². The highest BCUT2D eigenvalue weighted by Crippen LogP contribution is 2.19. The average molecular weight is 213 g/mol. The fourth-order valence-corrected chi connectivity index (χ4v) is 1.38. The van der Waals surface area contributed by atoms with Crippen molar-refractivity contribution in [3.63, 3.8) is 0 Å². The number of aryl methyl sites for hydroxylation is 1. The minimum absolute atomic E-state index is 0.823. The third-order valence-corrected chi connectivity index (χ3v) is 2.51. The lowest BCUT2D eigenvalue weighted by atomic mass is 10.2. The lowest BCUT2D eigenvalue weighted by Gasteiger charge is -2.07. The summed E-state index contributed by atoms with van der Waals surface area (Å²) in [4.78, 5) is 0. The summed E-state index contributed by atoms with van der Waals surface area (Å²) in [7, 11) is 1.96. The van der Waals surface area contributed by atoms with E-state index in [1.54, 1.807) is 0 Å². The van der Waals surface area contributed by atoms with Gasteiger partial charge in [-0.2, -0.15) is 0 Å². The van der Waals surface area contributed by atoms with E-state index in [4.69, 9.17) is 11.6 Å². The summed E-state index contributed by atoms with van der Waals surface area (Å²) >= 11 is 6.00. The summed E-state index contributed by atoms with van der Waals surface area (Å²) in [6.07, 6.45) is 1.11. The van der Waals surface area contributed by atoms with Crippen molar-refractivity contribution in [1.29, 1.82) is 0 Å². The Balaban J connectivity index is 2.39. The van der Waals surface area contributed by atoms with Crippen molar-refractivity contribution in [2.45, 2.75) is 13.3 Å². The molecule has 0 saturated heterocycles. The van der Waals surface area contributed by atoms with E-state index in [0.717, 1.165) is 35.8 Å². The minimum Gasteiger partial charge on any atom is -0.385 e. The first-order chi connectivity index (χ1) is 6.74. The summed E-state index contributed by atoms with van der Waals surface area (Å²) < 4.78 is 0. The number of rotatable bonds is 5. The van der Waals surface area contributed by atoms with Gasteiger partial charge in [-0.15, -0.1) is 0 Å². The molecule has 0 bridgehead atoms. The van der Waals surface area contributed by atoms with Crippen LogP contribution in [-0.4, -0.2) is 20.1 Å². The highest BCUT2D eigenvalue weighted by atomic mass is 35.5. The Morgan fingerprint density at radius 2 is 2.07 bits per heavy atom. The molecule has 0 spiro atoms. The fourth-order valence-electron chi connectivity index (χ4n) is 1.20. The van der Waals surface area contributed by atoms with Crippen molar-refractivity contribution < 1.29 is 0 Å². The van der Waals surface area contributed by atoms with Gasteiger partial charge in [0.25, 0.3) is 0 Å². The first-order valence-electron chi connectivity index (χ1n) is 4.88. The standard InChI is InChI=1S/C11H17ClN2/c1-9-4-5-10(8-11(9)12)14-7-3-6-13-2/h4-5,8,13-14H,3,6-7H2,1-2H3. The largest absolute Gasteiger partial charge is 0.385 e. The Hall–Kier alpha value is -0.730. The second-order valence-electron chi connectivity index (χ2n) is 3.35. The van der Waals surface area contributed by atoms with Gasteiger partial charge in [-0.05, 0) is 44.6 Å². The molecule has 0 aliphatic rings. The molecule has 1 rings (SSSR count). The Bertz CT molecular complexity index is 287. The number of anilines is 1. The third-order valence-electron chi connectivity index (χ3n) is 2.10. The van der Waals surface area contributed by atoms with Crippen molar-refractivity contribution in [3.05, 3.63) is 28.8 Å². The van der Waals surface area contributed by atoms with Crippen LogP contribution in [0.25, 0.3) is 0 Å². The molecule has 78 valence electrons. The van der Waals surface area contributed by atoms with E-state index in [2.05, 4.69) is 16.7 Å². The Morgan fingerprint density at radius 3 is 2.71 bits per heavy atom. The summed E-state index contributed by atoms with van der Waals surface area (Å²) in [5.74, 6) is 0. The van der Waals surface area contributed by atoms with Gasteiger partial charge in [0.15, 0.2) is 0 Å². The Morgan fingerprint density at radius 1 is 1.29 bits per heavy atom. The zero-order valence-electron chi connectivity index (χ0n) is 8.73. The molecule has 0 unspecified atom stereocenters. The minimum atomic E-state index is 0.823. The van der Waals surface area contributed by atoms with E-state index in [9.17, 15) is 0 Å². The summed E-state index contributed by atoms with van der Waals surface area (Å²) in [6.45, 7) is 4.01. The van der Waals surface area contributed by atoms with E-state index >= 15 is 0 Å². The lowest BCUT2D eigenvalue weighted by Crippen LogP contribution is -2.12. The van der Waals surface area contributed by atoms with Crippen LogP contribution in [0.4, 0.5) is 5.69 Å². The quantitative estimate of drug-likeness (QED) is 0.734. The molecular weight excluding hydrogens is 196 g/mol. The predicted octanol–water partition coefficient (Wildman–Crippen LogP) is 2.67. The van der Waals surface area contributed by atoms with Crippen LogP contribution >= 0.6 is 11.6 Å².